The lowest BCUT2D eigenvalue weighted by atomic mass is 10.2. The van der Waals surface area contributed by atoms with Crippen molar-refractivity contribution in [1.82, 2.24) is 25.4 Å². The number of halogens is 1. The highest BCUT2D eigenvalue weighted by molar-refractivity contribution is 14.0. The third-order valence-corrected chi connectivity index (χ3v) is 5.83. The molecule has 7 nitrogen and oxygen atoms in total. The minimum absolute atomic E-state index is 0. The third-order valence-electron chi connectivity index (χ3n) is 5.19. The Balaban J connectivity index is 0.00000341. The van der Waals surface area contributed by atoms with E-state index in [-0.39, 0.29) is 24.0 Å². The fourth-order valence-electron chi connectivity index (χ4n) is 3.77. The van der Waals surface area contributed by atoms with Gasteiger partial charge in [-0.3, -0.25) is 4.99 Å². The molecule has 0 aliphatic heterocycles. The van der Waals surface area contributed by atoms with Crippen LogP contribution in [0.3, 0.4) is 0 Å². The van der Waals surface area contributed by atoms with Gasteiger partial charge in [-0.15, -0.1) is 34.2 Å². The maximum atomic E-state index is 5.73. The number of hydrogen-bond donors (Lipinski definition) is 2. The zero-order valence-corrected chi connectivity index (χ0v) is 21.7. The van der Waals surface area contributed by atoms with E-state index in [0.717, 1.165) is 48.6 Å². The van der Waals surface area contributed by atoms with Crippen molar-refractivity contribution in [2.24, 2.45) is 4.99 Å². The lowest BCUT2D eigenvalue weighted by molar-refractivity contribution is 0.322. The fraction of sp³-hybridized carbons (Fsp3) is 0.591. The summed E-state index contributed by atoms with van der Waals surface area (Å²) >= 11 is 1.69. The Hall–Kier alpha value is -1.49. The highest BCUT2D eigenvalue weighted by Gasteiger charge is 2.23. The van der Waals surface area contributed by atoms with E-state index in [1.165, 1.54) is 25.7 Å². The lowest BCUT2D eigenvalue weighted by Crippen LogP contribution is -2.39. The molecule has 1 aliphatic rings. The molecule has 3 rings (SSSR count). The molecule has 1 aliphatic carbocycles. The van der Waals surface area contributed by atoms with Crippen LogP contribution in [0.25, 0.3) is 0 Å². The molecule has 31 heavy (non-hydrogen) atoms. The van der Waals surface area contributed by atoms with Gasteiger partial charge in [0.1, 0.15) is 18.2 Å². The second-order valence-corrected chi connectivity index (χ2v) is 8.14. The molecule has 1 heterocycles. The molecular formula is C22H35IN6OS. The Morgan fingerprint density at radius 3 is 2.68 bits per heavy atom. The van der Waals surface area contributed by atoms with Crippen molar-refractivity contribution in [2.75, 3.05) is 32.5 Å². The Bertz CT molecular complexity index is 780. The molecule has 0 amide bonds. The van der Waals surface area contributed by atoms with Gasteiger partial charge in [-0.2, -0.15) is 0 Å². The van der Waals surface area contributed by atoms with Gasteiger partial charge >= 0.3 is 0 Å². The SMILES string of the molecule is CCNC(=NCCCc1nnc(SC)n1C1CCCC1)NCCOc1ccccc1.I. The first-order valence-corrected chi connectivity index (χ1v) is 12.2. The van der Waals surface area contributed by atoms with Crippen molar-refractivity contribution in [2.45, 2.75) is 56.6 Å². The average molecular weight is 559 g/mol. The number of rotatable bonds is 11. The largest absolute Gasteiger partial charge is 0.492 e. The second kappa shape index (κ2) is 14.5. The van der Waals surface area contributed by atoms with Crippen molar-refractivity contribution in [3.63, 3.8) is 0 Å². The predicted octanol–water partition coefficient (Wildman–Crippen LogP) is 4.30. The number of nitrogens with one attached hydrogen (secondary N) is 2. The molecule has 172 valence electrons. The Kier molecular flexibility index (Phi) is 12.1. The Morgan fingerprint density at radius 1 is 1.19 bits per heavy atom. The normalized spacial score (nSPS) is 14.3. The van der Waals surface area contributed by atoms with Crippen LogP contribution >= 0.6 is 35.7 Å². The fourth-order valence-corrected chi connectivity index (χ4v) is 4.34. The third kappa shape index (κ3) is 8.17. The summed E-state index contributed by atoms with van der Waals surface area (Å²) < 4.78 is 8.11. The van der Waals surface area contributed by atoms with Gasteiger partial charge in [0.2, 0.25) is 0 Å². The molecular weight excluding hydrogens is 523 g/mol. The van der Waals surface area contributed by atoms with Gasteiger partial charge in [-0.1, -0.05) is 42.8 Å². The smallest absolute Gasteiger partial charge is 0.191 e. The van der Waals surface area contributed by atoms with Crippen molar-refractivity contribution >= 4 is 41.7 Å². The van der Waals surface area contributed by atoms with E-state index in [4.69, 9.17) is 9.73 Å². The van der Waals surface area contributed by atoms with Crippen LogP contribution in [0.15, 0.2) is 40.5 Å². The number of thioether (sulfide) groups is 1. The lowest BCUT2D eigenvalue weighted by Gasteiger charge is -2.16. The highest BCUT2D eigenvalue weighted by atomic mass is 127. The number of hydrogen-bond acceptors (Lipinski definition) is 5. The number of guanidine groups is 1. The van der Waals surface area contributed by atoms with Gasteiger partial charge in [-0.25, -0.2) is 0 Å². The summed E-state index contributed by atoms with van der Waals surface area (Å²) in [5.41, 5.74) is 0. The highest BCUT2D eigenvalue weighted by Crippen LogP contribution is 2.33. The summed E-state index contributed by atoms with van der Waals surface area (Å²) in [6.07, 6.45) is 9.06. The molecule has 1 saturated carbocycles. The molecule has 2 aromatic rings. The van der Waals surface area contributed by atoms with Crippen molar-refractivity contribution in [3.05, 3.63) is 36.2 Å². The monoisotopic (exact) mass is 558 g/mol. The van der Waals surface area contributed by atoms with E-state index in [9.17, 15) is 0 Å². The molecule has 0 saturated heterocycles. The summed E-state index contributed by atoms with van der Waals surface area (Å²) in [6.45, 7) is 4.95. The summed E-state index contributed by atoms with van der Waals surface area (Å²) in [4.78, 5) is 4.70. The summed E-state index contributed by atoms with van der Waals surface area (Å²) in [7, 11) is 0. The van der Waals surface area contributed by atoms with Gasteiger partial charge in [0, 0.05) is 25.6 Å². The average Bonchev–Trinajstić information content (AvgIpc) is 3.44. The molecule has 1 aromatic carbocycles. The van der Waals surface area contributed by atoms with Gasteiger partial charge in [0.15, 0.2) is 11.1 Å². The first kappa shape index (κ1) is 25.8. The molecule has 0 bridgehead atoms. The zero-order valence-electron chi connectivity index (χ0n) is 18.5. The predicted molar refractivity (Wildman–Crippen MR) is 139 cm³/mol. The van der Waals surface area contributed by atoms with Crippen LogP contribution in [0.1, 0.15) is 50.9 Å². The van der Waals surface area contributed by atoms with Crippen LogP contribution in [-0.4, -0.2) is 53.2 Å². The van der Waals surface area contributed by atoms with E-state index < -0.39 is 0 Å². The van der Waals surface area contributed by atoms with Gasteiger partial charge in [0.25, 0.3) is 0 Å². The Morgan fingerprint density at radius 2 is 1.97 bits per heavy atom. The minimum atomic E-state index is 0. The zero-order chi connectivity index (χ0) is 21.0. The van der Waals surface area contributed by atoms with E-state index in [1.54, 1.807) is 11.8 Å². The number of aryl methyl sites for hydroxylation is 1. The first-order valence-electron chi connectivity index (χ1n) is 11.0. The summed E-state index contributed by atoms with van der Waals surface area (Å²) in [6, 6.07) is 10.4. The van der Waals surface area contributed by atoms with Crippen LogP contribution < -0.4 is 15.4 Å². The maximum absolute atomic E-state index is 5.73. The van der Waals surface area contributed by atoms with E-state index >= 15 is 0 Å². The molecule has 0 spiro atoms. The van der Waals surface area contributed by atoms with Gasteiger partial charge in [-0.05, 0) is 44.6 Å². The van der Waals surface area contributed by atoms with E-state index in [0.29, 0.717) is 19.2 Å². The molecule has 0 radical (unpaired) electrons. The quantitative estimate of drug-likeness (QED) is 0.141. The van der Waals surface area contributed by atoms with E-state index in [2.05, 4.69) is 38.6 Å². The number of ether oxygens (including phenoxy) is 1. The van der Waals surface area contributed by atoms with Crippen LogP contribution in [0.5, 0.6) is 5.75 Å². The summed E-state index contributed by atoms with van der Waals surface area (Å²) in [5.74, 6) is 2.82. The standard InChI is InChI=1S/C22H34N6OS.HI/c1-3-23-21(25-16-17-29-19-12-5-4-6-13-19)24-15-9-14-20-26-27-22(30-2)28(20)18-10-7-8-11-18;/h4-6,12-13,18H,3,7-11,14-17H2,1-2H3,(H2,23,24,25);1H. The molecule has 9 heteroatoms. The molecule has 2 N–H and O–H groups in total. The number of nitrogens with zero attached hydrogens (tertiary/aromatic N) is 4. The van der Waals surface area contributed by atoms with Crippen LogP contribution in [-0.2, 0) is 6.42 Å². The second-order valence-electron chi connectivity index (χ2n) is 7.36. The van der Waals surface area contributed by atoms with Crippen LogP contribution in [0.2, 0.25) is 0 Å². The van der Waals surface area contributed by atoms with E-state index in [1.807, 2.05) is 30.3 Å². The number of para-hydroxylation sites is 1. The van der Waals surface area contributed by atoms with Gasteiger partial charge < -0.3 is 19.9 Å². The molecule has 0 unspecified atom stereocenters. The molecule has 1 fully saturated rings. The van der Waals surface area contributed by atoms with Crippen molar-refractivity contribution in [3.8, 4) is 5.75 Å². The summed E-state index contributed by atoms with van der Waals surface area (Å²) in [5, 5.41) is 16.6. The number of aromatic nitrogens is 3. The van der Waals surface area contributed by atoms with Gasteiger partial charge in [0.05, 0.1) is 6.54 Å². The maximum Gasteiger partial charge on any atom is 0.191 e. The van der Waals surface area contributed by atoms with Crippen molar-refractivity contribution in [1.29, 1.82) is 0 Å². The minimum Gasteiger partial charge on any atom is -0.492 e. The first-order chi connectivity index (χ1) is 14.8. The Labute approximate surface area is 207 Å². The van der Waals surface area contributed by atoms with Crippen molar-refractivity contribution < 1.29 is 4.74 Å². The molecule has 0 atom stereocenters. The number of benzene rings is 1. The topological polar surface area (TPSA) is 76.4 Å². The molecule has 1 aromatic heterocycles. The number of aliphatic imine (C=N–C) groups is 1. The van der Waals surface area contributed by atoms with Crippen LogP contribution in [0.4, 0.5) is 0 Å². The van der Waals surface area contributed by atoms with Crippen LogP contribution in [0, 0.1) is 0 Å².